The van der Waals surface area contributed by atoms with Gasteiger partial charge in [-0.1, -0.05) is 57.8 Å². The molecule has 0 aliphatic rings. The van der Waals surface area contributed by atoms with Crippen LogP contribution in [-0.2, 0) is 0 Å². The Kier molecular flexibility index (Phi) is 5.31. The maximum atomic E-state index is 10.1. The summed E-state index contributed by atoms with van der Waals surface area (Å²) in [6.07, 6.45) is 0. The molecule has 3 aromatic rings. The molecule has 28 heavy (non-hydrogen) atoms. The van der Waals surface area contributed by atoms with Crippen LogP contribution < -0.4 is 0 Å². The molecule has 4 N–H and O–H groups in total. The van der Waals surface area contributed by atoms with Gasteiger partial charge in [0, 0.05) is 22.3 Å². The third kappa shape index (κ3) is 3.66. The van der Waals surface area contributed by atoms with Crippen LogP contribution in [0.2, 0.25) is 0 Å². The van der Waals surface area contributed by atoms with Gasteiger partial charge in [-0.15, -0.1) is 0 Å². The topological polar surface area (TPSA) is 106 Å². The fraction of sp³-hybridized carbons (Fsp3) is 0.0909. The minimum Gasteiger partial charge on any atom is -0.507 e. The molecule has 0 saturated heterocycles. The van der Waals surface area contributed by atoms with Gasteiger partial charge in [-0.05, 0) is 38.1 Å². The van der Waals surface area contributed by atoms with Crippen molar-refractivity contribution in [3.8, 4) is 11.5 Å². The number of hydrogen-bond donors (Lipinski definition) is 4. The number of rotatable bonds is 4. The van der Waals surface area contributed by atoms with Gasteiger partial charge in [0.2, 0.25) is 0 Å². The average molecular weight is 376 g/mol. The van der Waals surface area contributed by atoms with E-state index in [9.17, 15) is 20.6 Å². The normalized spacial score (nSPS) is 12.2. The van der Waals surface area contributed by atoms with Gasteiger partial charge in [-0.3, -0.25) is 0 Å². The lowest BCUT2D eigenvalue weighted by atomic mass is 9.95. The van der Waals surface area contributed by atoms with Crippen LogP contribution in [0.25, 0.3) is 0 Å². The number of aromatic hydroxyl groups is 2. The summed E-state index contributed by atoms with van der Waals surface area (Å²) in [6, 6.07) is 16.8. The number of oxime groups is 2. The van der Waals surface area contributed by atoms with Gasteiger partial charge in [-0.2, -0.15) is 0 Å². The second kappa shape index (κ2) is 7.84. The highest BCUT2D eigenvalue weighted by molar-refractivity contribution is 6.16. The Morgan fingerprint density at radius 3 is 1.29 bits per heavy atom. The van der Waals surface area contributed by atoms with Crippen molar-refractivity contribution in [1.82, 2.24) is 0 Å². The lowest BCUT2D eigenvalue weighted by Crippen LogP contribution is -2.07. The van der Waals surface area contributed by atoms with Gasteiger partial charge in [0.05, 0.1) is 0 Å². The minimum atomic E-state index is 0.00442. The lowest BCUT2D eigenvalue weighted by Gasteiger charge is -2.11. The Bertz CT molecular complexity index is 984. The van der Waals surface area contributed by atoms with Gasteiger partial charge in [-0.25, -0.2) is 0 Å². The molecule has 0 aromatic heterocycles. The van der Waals surface area contributed by atoms with E-state index in [-0.39, 0.29) is 22.9 Å². The first-order chi connectivity index (χ1) is 13.4. The summed E-state index contributed by atoms with van der Waals surface area (Å²) in [5.74, 6) is 0.00883. The van der Waals surface area contributed by atoms with Crippen LogP contribution in [0.3, 0.4) is 0 Å². The zero-order valence-electron chi connectivity index (χ0n) is 15.5. The van der Waals surface area contributed by atoms with Crippen molar-refractivity contribution in [3.63, 3.8) is 0 Å². The molecule has 0 amide bonds. The third-order valence-electron chi connectivity index (χ3n) is 4.45. The van der Waals surface area contributed by atoms with E-state index in [2.05, 4.69) is 10.3 Å². The number of nitrogens with zero attached hydrogens (tertiary/aromatic N) is 2. The molecule has 6 nitrogen and oxygen atoms in total. The first kappa shape index (κ1) is 19.0. The van der Waals surface area contributed by atoms with Crippen molar-refractivity contribution in [3.05, 3.63) is 94.0 Å². The molecular weight excluding hydrogens is 356 g/mol. The lowest BCUT2D eigenvalue weighted by molar-refractivity contribution is 0.319. The summed E-state index contributed by atoms with van der Waals surface area (Å²) in [7, 11) is 0. The van der Waals surface area contributed by atoms with Gasteiger partial charge >= 0.3 is 0 Å². The maximum Gasteiger partial charge on any atom is 0.125 e. The predicted octanol–water partition coefficient (Wildman–Crippen LogP) is 4.17. The molecule has 0 atom stereocenters. The molecule has 0 spiro atoms. The molecule has 0 aliphatic carbocycles. The number of benzene rings is 3. The second-order valence-electron chi connectivity index (χ2n) is 6.52. The summed E-state index contributed by atoms with van der Waals surface area (Å²) in [5.41, 5.74) is 4.20. The largest absolute Gasteiger partial charge is 0.507 e. The van der Waals surface area contributed by atoms with E-state index in [4.69, 9.17) is 0 Å². The van der Waals surface area contributed by atoms with Gasteiger partial charge in [0.25, 0.3) is 0 Å². The molecule has 0 saturated carbocycles. The molecular formula is C22H20N2O4. The van der Waals surface area contributed by atoms with Crippen molar-refractivity contribution >= 4 is 11.4 Å². The zero-order chi connectivity index (χ0) is 20.3. The zero-order valence-corrected chi connectivity index (χ0v) is 15.5. The fourth-order valence-electron chi connectivity index (χ4n) is 3.00. The van der Waals surface area contributed by atoms with Crippen LogP contribution in [-0.4, -0.2) is 32.1 Å². The smallest absolute Gasteiger partial charge is 0.125 e. The first-order valence-corrected chi connectivity index (χ1v) is 8.59. The van der Waals surface area contributed by atoms with E-state index < -0.39 is 0 Å². The van der Waals surface area contributed by atoms with Gasteiger partial charge < -0.3 is 20.6 Å². The SMILES string of the molecule is Cc1ccc(O)c(/C(=N\O)c2ccc(/C(=N\O)c3cc(C)ccc3O)cc2)c1. The van der Waals surface area contributed by atoms with E-state index in [1.165, 1.54) is 0 Å². The number of aryl methyl sites for hydroxylation is 2. The fourth-order valence-corrected chi connectivity index (χ4v) is 3.00. The Balaban J connectivity index is 2.00. The van der Waals surface area contributed by atoms with E-state index in [1.807, 2.05) is 13.8 Å². The highest BCUT2D eigenvalue weighted by Gasteiger charge is 2.16. The molecule has 6 heteroatoms. The van der Waals surface area contributed by atoms with E-state index in [1.54, 1.807) is 60.7 Å². The molecule has 0 fully saturated rings. The molecule has 142 valence electrons. The predicted molar refractivity (Wildman–Crippen MR) is 107 cm³/mol. The van der Waals surface area contributed by atoms with Crippen LogP contribution in [0.1, 0.15) is 33.4 Å². The highest BCUT2D eigenvalue weighted by Crippen LogP contribution is 2.25. The molecule has 0 radical (unpaired) electrons. The number of phenols is 2. The monoisotopic (exact) mass is 376 g/mol. The second-order valence-corrected chi connectivity index (χ2v) is 6.52. The van der Waals surface area contributed by atoms with Crippen LogP contribution in [0.15, 0.2) is 71.0 Å². The van der Waals surface area contributed by atoms with Crippen LogP contribution in [0, 0.1) is 13.8 Å². The molecule has 0 unspecified atom stereocenters. The van der Waals surface area contributed by atoms with E-state index in [0.29, 0.717) is 22.3 Å². The summed E-state index contributed by atoms with van der Waals surface area (Å²) >= 11 is 0. The van der Waals surface area contributed by atoms with Gasteiger partial charge in [0.15, 0.2) is 0 Å². The number of phenolic OH excluding ortho intramolecular Hbond substituents is 2. The summed E-state index contributed by atoms with van der Waals surface area (Å²) in [4.78, 5) is 0. The summed E-state index contributed by atoms with van der Waals surface area (Å²) in [5, 5.41) is 45.9. The van der Waals surface area contributed by atoms with Crippen LogP contribution >= 0.6 is 0 Å². The molecule has 0 heterocycles. The summed E-state index contributed by atoms with van der Waals surface area (Å²) < 4.78 is 0. The van der Waals surface area contributed by atoms with Crippen LogP contribution in [0.4, 0.5) is 0 Å². The molecule has 3 aromatic carbocycles. The van der Waals surface area contributed by atoms with Crippen molar-refractivity contribution < 1.29 is 20.6 Å². The molecule has 0 aliphatic heterocycles. The average Bonchev–Trinajstić information content (AvgIpc) is 2.69. The molecule has 0 bridgehead atoms. The Hall–Kier alpha value is -3.80. The third-order valence-corrected chi connectivity index (χ3v) is 4.45. The van der Waals surface area contributed by atoms with Crippen molar-refractivity contribution in [2.45, 2.75) is 13.8 Å². The minimum absolute atomic E-state index is 0.00442. The number of hydrogen-bond acceptors (Lipinski definition) is 6. The van der Waals surface area contributed by atoms with Crippen molar-refractivity contribution in [2.75, 3.05) is 0 Å². The van der Waals surface area contributed by atoms with E-state index in [0.717, 1.165) is 11.1 Å². The Morgan fingerprint density at radius 1 is 0.607 bits per heavy atom. The van der Waals surface area contributed by atoms with Crippen LogP contribution in [0.5, 0.6) is 11.5 Å². The first-order valence-electron chi connectivity index (χ1n) is 8.59. The van der Waals surface area contributed by atoms with Crippen molar-refractivity contribution in [2.24, 2.45) is 10.3 Å². The van der Waals surface area contributed by atoms with Gasteiger partial charge in [0.1, 0.15) is 22.9 Å². The Labute approximate surface area is 162 Å². The standard InChI is InChI=1S/C22H20N2O4/c1-13-3-9-19(25)17(11-13)21(23-27)15-5-7-16(8-6-15)22(24-28)18-12-14(2)4-10-20(18)26/h3-12,25-28H,1-2H3/b23-21-,24-22+. The summed E-state index contributed by atoms with van der Waals surface area (Å²) in [6.45, 7) is 3.75. The van der Waals surface area contributed by atoms with E-state index >= 15 is 0 Å². The Morgan fingerprint density at radius 2 is 0.964 bits per heavy atom. The van der Waals surface area contributed by atoms with Crippen molar-refractivity contribution in [1.29, 1.82) is 0 Å². The maximum absolute atomic E-state index is 10.1. The quantitative estimate of drug-likeness (QED) is 0.311. The highest BCUT2D eigenvalue weighted by atomic mass is 16.4. The molecule has 3 rings (SSSR count).